The van der Waals surface area contributed by atoms with Crippen LogP contribution in [0.4, 0.5) is 0 Å². The van der Waals surface area contributed by atoms with Crippen molar-refractivity contribution in [2.24, 2.45) is 5.92 Å². The van der Waals surface area contributed by atoms with Gasteiger partial charge in [0.2, 0.25) is 0 Å². The number of aryl methyl sites for hydroxylation is 1. The van der Waals surface area contributed by atoms with Crippen molar-refractivity contribution in [3.05, 3.63) is 40.1 Å². The zero-order valence-electron chi connectivity index (χ0n) is 12.8. The first kappa shape index (κ1) is 15.1. The lowest BCUT2D eigenvalue weighted by molar-refractivity contribution is 0.0946. The van der Waals surface area contributed by atoms with Crippen molar-refractivity contribution >= 4 is 17.2 Å². The molecule has 1 aromatic heterocycles. The summed E-state index contributed by atoms with van der Waals surface area (Å²) >= 11 is 1.55. The van der Waals surface area contributed by atoms with Gasteiger partial charge in [0.1, 0.15) is 5.75 Å². The molecule has 0 bridgehead atoms. The zero-order valence-corrected chi connectivity index (χ0v) is 13.6. The van der Waals surface area contributed by atoms with E-state index in [2.05, 4.69) is 17.6 Å². The van der Waals surface area contributed by atoms with Crippen LogP contribution in [0.2, 0.25) is 0 Å². The van der Waals surface area contributed by atoms with E-state index < -0.39 is 0 Å². The molecular weight excluding hydrogens is 296 g/mol. The first-order valence-corrected chi connectivity index (χ1v) is 8.23. The van der Waals surface area contributed by atoms with Gasteiger partial charge in [-0.25, -0.2) is 0 Å². The van der Waals surface area contributed by atoms with Crippen LogP contribution >= 0.6 is 11.3 Å². The Morgan fingerprint density at radius 1 is 1.36 bits per heavy atom. The number of carbonyl (C=O) groups excluding carboxylic acids is 1. The average Bonchev–Trinajstić information content (AvgIpc) is 2.88. The van der Waals surface area contributed by atoms with Crippen LogP contribution < -0.4 is 15.4 Å². The minimum atomic E-state index is 0.0276. The first-order valence-electron chi connectivity index (χ1n) is 7.41. The lowest BCUT2D eigenvalue weighted by Crippen LogP contribution is -2.48. The fraction of sp³-hybridized carbons (Fsp3) is 0.353. The van der Waals surface area contributed by atoms with Gasteiger partial charge in [0, 0.05) is 30.4 Å². The normalized spacial score (nSPS) is 14.5. The molecule has 0 atom stereocenters. The Morgan fingerprint density at radius 3 is 2.68 bits per heavy atom. The molecule has 2 aromatic rings. The molecule has 0 aliphatic carbocycles. The second kappa shape index (κ2) is 6.50. The van der Waals surface area contributed by atoms with Crippen LogP contribution in [0.3, 0.4) is 0 Å². The Kier molecular flexibility index (Phi) is 4.45. The van der Waals surface area contributed by atoms with Gasteiger partial charge >= 0.3 is 0 Å². The first-order chi connectivity index (χ1) is 10.7. The SMILES string of the molecule is COc1ccc(-c2cc(C(=O)NCC3CNC3)sc2C)cc1. The highest BCUT2D eigenvalue weighted by molar-refractivity contribution is 7.14. The van der Waals surface area contributed by atoms with Gasteiger partial charge in [-0.05, 0) is 36.2 Å². The van der Waals surface area contributed by atoms with E-state index in [0.717, 1.165) is 46.3 Å². The zero-order chi connectivity index (χ0) is 15.5. The third-order valence-electron chi connectivity index (χ3n) is 3.96. The summed E-state index contributed by atoms with van der Waals surface area (Å²) in [5, 5.41) is 6.23. The summed E-state index contributed by atoms with van der Waals surface area (Å²) in [6.07, 6.45) is 0. The van der Waals surface area contributed by atoms with Crippen LogP contribution in [0.25, 0.3) is 11.1 Å². The molecule has 116 valence electrons. The molecule has 3 rings (SSSR count). The van der Waals surface area contributed by atoms with Gasteiger partial charge in [0.05, 0.1) is 12.0 Å². The Morgan fingerprint density at radius 2 is 2.09 bits per heavy atom. The molecule has 22 heavy (non-hydrogen) atoms. The molecule has 5 heteroatoms. The van der Waals surface area contributed by atoms with Gasteiger partial charge in [-0.1, -0.05) is 12.1 Å². The van der Waals surface area contributed by atoms with E-state index in [4.69, 9.17) is 4.74 Å². The van der Waals surface area contributed by atoms with Crippen molar-refractivity contribution in [1.82, 2.24) is 10.6 Å². The minimum Gasteiger partial charge on any atom is -0.497 e. The molecule has 1 aliphatic rings. The summed E-state index contributed by atoms with van der Waals surface area (Å²) in [4.78, 5) is 14.2. The number of rotatable bonds is 5. The van der Waals surface area contributed by atoms with Gasteiger partial charge < -0.3 is 15.4 Å². The predicted octanol–water partition coefficient (Wildman–Crippen LogP) is 2.68. The lowest BCUT2D eigenvalue weighted by Gasteiger charge is -2.26. The summed E-state index contributed by atoms with van der Waals surface area (Å²) < 4.78 is 5.18. The summed E-state index contributed by atoms with van der Waals surface area (Å²) in [5.41, 5.74) is 2.22. The number of benzene rings is 1. The maximum absolute atomic E-state index is 12.2. The standard InChI is InChI=1S/C17H20N2O2S/c1-11-15(13-3-5-14(21-2)6-4-13)7-16(22-11)17(20)19-10-12-8-18-9-12/h3-7,12,18H,8-10H2,1-2H3,(H,19,20). The van der Waals surface area contributed by atoms with Gasteiger partial charge in [-0.3, -0.25) is 4.79 Å². The number of amides is 1. The molecule has 1 saturated heterocycles. The molecule has 2 N–H and O–H groups in total. The summed E-state index contributed by atoms with van der Waals surface area (Å²) in [6.45, 7) is 4.80. The quantitative estimate of drug-likeness (QED) is 0.892. The topological polar surface area (TPSA) is 50.4 Å². The molecule has 4 nitrogen and oxygen atoms in total. The lowest BCUT2D eigenvalue weighted by atomic mass is 10.0. The van der Waals surface area contributed by atoms with Crippen LogP contribution in [0, 0.1) is 12.8 Å². The van der Waals surface area contributed by atoms with E-state index in [-0.39, 0.29) is 5.91 Å². The van der Waals surface area contributed by atoms with Crippen molar-refractivity contribution in [1.29, 1.82) is 0 Å². The van der Waals surface area contributed by atoms with Crippen molar-refractivity contribution < 1.29 is 9.53 Å². The van der Waals surface area contributed by atoms with Crippen molar-refractivity contribution in [2.45, 2.75) is 6.92 Å². The average molecular weight is 316 g/mol. The highest BCUT2D eigenvalue weighted by Gasteiger charge is 2.19. The van der Waals surface area contributed by atoms with Gasteiger partial charge in [0.25, 0.3) is 5.91 Å². The second-order valence-corrected chi connectivity index (χ2v) is 6.80. The fourth-order valence-corrected chi connectivity index (χ4v) is 3.43. The van der Waals surface area contributed by atoms with Gasteiger partial charge in [0.15, 0.2) is 0 Å². The molecule has 1 amide bonds. The number of nitrogens with one attached hydrogen (secondary N) is 2. The smallest absolute Gasteiger partial charge is 0.261 e. The number of methoxy groups -OCH3 is 1. The highest BCUT2D eigenvalue weighted by atomic mass is 32.1. The minimum absolute atomic E-state index is 0.0276. The van der Waals surface area contributed by atoms with Crippen molar-refractivity contribution in [3.63, 3.8) is 0 Å². The van der Waals surface area contributed by atoms with E-state index in [1.54, 1.807) is 18.4 Å². The van der Waals surface area contributed by atoms with Crippen LogP contribution in [0.1, 0.15) is 14.5 Å². The van der Waals surface area contributed by atoms with E-state index in [9.17, 15) is 4.79 Å². The Hall–Kier alpha value is -1.85. The third-order valence-corrected chi connectivity index (χ3v) is 5.01. The number of hydrogen-bond acceptors (Lipinski definition) is 4. The van der Waals surface area contributed by atoms with Gasteiger partial charge in [-0.2, -0.15) is 0 Å². The van der Waals surface area contributed by atoms with E-state index >= 15 is 0 Å². The van der Waals surface area contributed by atoms with E-state index in [1.165, 1.54) is 0 Å². The van der Waals surface area contributed by atoms with Crippen LogP contribution in [0.5, 0.6) is 5.75 Å². The molecule has 0 unspecified atom stereocenters. The summed E-state index contributed by atoms with van der Waals surface area (Å²) in [5.74, 6) is 1.44. The maximum atomic E-state index is 12.2. The third kappa shape index (κ3) is 3.15. The molecule has 1 aliphatic heterocycles. The summed E-state index contributed by atoms with van der Waals surface area (Å²) in [6, 6.07) is 9.91. The highest BCUT2D eigenvalue weighted by Crippen LogP contribution is 2.32. The predicted molar refractivity (Wildman–Crippen MR) is 89.7 cm³/mol. The fourth-order valence-electron chi connectivity index (χ4n) is 2.47. The molecular formula is C17H20N2O2S. The second-order valence-electron chi connectivity index (χ2n) is 5.54. The van der Waals surface area contributed by atoms with E-state index in [0.29, 0.717) is 5.92 Å². The number of hydrogen-bond donors (Lipinski definition) is 2. The largest absolute Gasteiger partial charge is 0.497 e. The van der Waals surface area contributed by atoms with Crippen molar-refractivity contribution in [3.8, 4) is 16.9 Å². The Balaban J connectivity index is 1.72. The number of carbonyl (C=O) groups is 1. The van der Waals surface area contributed by atoms with Gasteiger partial charge in [-0.15, -0.1) is 11.3 Å². The Labute approximate surface area is 134 Å². The molecule has 1 fully saturated rings. The molecule has 0 spiro atoms. The molecule has 0 radical (unpaired) electrons. The van der Waals surface area contributed by atoms with E-state index in [1.807, 2.05) is 30.3 Å². The molecule has 0 saturated carbocycles. The molecule has 2 heterocycles. The van der Waals surface area contributed by atoms with Crippen LogP contribution in [0.15, 0.2) is 30.3 Å². The maximum Gasteiger partial charge on any atom is 0.261 e. The summed E-state index contributed by atoms with van der Waals surface area (Å²) in [7, 11) is 1.66. The monoisotopic (exact) mass is 316 g/mol. The Bertz CT molecular complexity index is 660. The van der Waals surface area contributed by atoms with Crippen LogP contribution in [-0.4, -0.2) is 32.7 Å². The number of thiophene rings is 1. The van der Waals surface area contributed by atoms with Crippen molar-refractivity contribution in [2.75, 3.05) is 26.7 Å². The molecule has 1 aromatic carbocycles. The van der Waals surface area contributed by atoms with Crippen LogP contribution in [-0.2, 0) is 0 Å². The number of ether oxygens (including phenoxy) is 1.